The van der Waals surface area contributed by atoms with E-state index in [0.717, 1.165) is 25.8 Å². The van der Waals surface area contributed by atoms with Crippen molar-refractivity contribution in [1.29, 1.82) is 0 Å². The first-order chi connectivity index (χ1) is 10.4. The van der Waals surface area contributed by atoms with Gasteiger partial charge in [-0.1, -0.05) is 24.3 Å². The number of carbonyl (C=O) groups excluding carboxylic acids is 1. The Morgan fingerprint density at radius 3 is 2.82 bits per heavy atom. The van der Waals surface area contributed by atoms with Crippen molar-refractivity contribution in [3.05, 3.63) is 35.4 Å². The van der Waals surface area contributed by atoms with Gasteiger partial charge in [0, 0.05) is 12.0 Å². The second kappa shape index (κ2) is 5.27. The van der Waals surface area contributed by atoms with Crippen molar-refractivity contribution in [3.8, 4) is 0 Å². The minimum absolute atomic E-state index is 0.0926. The topological polar surface area (TPSA) is 55.6 Å². The van der Waals surface area contributed by atoms with E-state index in [1.165, 1.54) is 11.1 Å². The lowest BCUT2D eigenvalue weighted by Gasteiger charge is -2.33. The fourth-order valence-corrected chi connectivity index (χ4v) is 4.12. The molecule has 0 spiro atoms. The van der Waals surface area contributed by atoms with E-state index >= 15 is 0 Å². The minimum Gasteiger partial charge on any atom is -0.444 e. The SMILES string of the molecule is CC(C)(C)OC(=O)N1CC[C@@]2(CCN)Cc3ccccc3[C@@H]12. The fraction of sp³-hybridized carbons (Fsp3) is 0.611. The molecule has 2 aliphatic rings. The van der Waals surface area contributed by atoms with Crippen LogP contribution in [-0.4, -0.2) is 29.7 Å². The van der Waals surface area contributed by atoms with Crippen molar-refractivity contribution in [2.75, 3.05) is 13.1 Å². The van der Waals surface area contributed by atoms with Crippen molar-refractivity contribution in [1.82, 2.24) is 4.90 Å². The van der Waals surface area contributed by atoms with Crippen LogP contribution in [0.15, 0.2) is 24.3 Å². The molecular formula is C18H26N2O2. The standard InChI is InChI=1S/C18H26N2O2/c1-17(2,3)22-16(21)20-11-9-18(8-10-19)12-13-6-4-5-7-14(13)15(18)20/h4-7,15H,8-12,19H2,1-3H3/t15-,18+/m1/s1. The van der Waals surface area contributed by atoms with E-state index in [-0.39, 0.29) is 17.6 Å². The van der Waals surface area contributed by atoms with Crippen LogP contribution in [-0.2, 0) is 11.2 Å². The molecule has 0 unspecified atom stereocenters. The Morgan fingerprint density at radius 2 is 2.14 bits per heavy atom. The number of nitrogens with zero attached hydrogens (tertiary/aromatic N) is 1. The molecule has 120 valence electrons. The predicted molar refractivity (Wildman–Crippen MR) is 86.5 cm³/mol. The van der Waals surface area contributed by atoms with Crippen molar-refractivity contribution >= 4 is 6.09 Å². The zero-order valence-electron chi connectivity index (χ0n) is 13.8. The minimum atomic E-state index is -0.464. The van der Waals surface area contributed by atoms with Crippen LogP contribution in [0, 0.1) is 5.41 Å². The number of benzene rings is 1. The van der Waals surface area contributed by atoms with Crippen LogP contribution in [0.25, 0.3) is 0 Å². The number of ether oxygens (including phenoxy) is 1. The Balaban J connectivity index is 1.94. The summed E-state index contributed by atoms with van der Waals surface area (Å²) >= 11 is 0. The Bertz CT molecular complexity index is 579. The van der Waals surface area contributed by atoms with Crippen LogP contribution in [0.2, 0.25) is 0 Å². The number of hydrogen-bond acceptors (Lipinski definition) is 3. The van der Waals surface area contributed by atoms with Crippen LogP contribution in [0.3, 0.4) is 0 Å². The quantitative estimate of drug-likeness (QED) is 0.912. The van der Waals surface area contributed by atoms with Crippen LogP contribution in [0.1, 0.15) is 50.8 Å². The van der Waals surface area contributed by atoms with Gasteiger partial charge >= 0.3 is 6.09 Å². The summed E-state index contributed by atoms with van der Waals surface area (Å²) in [6, 6.07) is 8.58. The molecule has 1 aromatic carbocycles. The van der Waals surface area contributed by atoms with Gasteiger partial charge in [-0.3, -0.25) is 0 Å². The Hall–Kier alpha value is -1.55. The van der Waals surface area contributed by atoms with Crippen molar-refractivity contribution in [2.45, 2.75) is 51.7 Å². The molecule has 1 fully saturated rings. The van der Waals surface area contributed by atoms with Gasteiger partial charge in [0.2, 0.25) is 0 Å². The first kappa shape index (κ1) is 15.3. The molecule has 0 aromatic heterocycles. The first-order valence-electron chi connectivity index (χ1n) is 8.14. The summed E-state index contributed by atoms with van der Waals surface area (Å²) in [5.41, 5.74) is 8.14. The average Bonchev–Trinajstić information content (AvgIpc) is 2.90. The monoisotopic (exact) mass is 302 g/mol. The van der Waals surface area contributed by atoms with Gasteiger partial charge in [-0.25, -0.2) is 4.79 Å². The number of likely N-dealkylation sites (tertiary alicyclic amines) is 1. The molecule has 1 amide bonds. The lowest BCUT2D eigenvalue weighted by Crippen LogP contribution is -2.38. The Kier molecular flexibility index (Phi) is 3.68. The molecular weight excluding hydrogens is 276 g/mol. The smallest absolute Gasteiger partial charge is 0.410 e. The van der Waals surface area contributed by atoms with Gasteiger partial charge in [-0.05, 0) is 57.7 Å². The summed E-state index contributed by atoms with van der Waals surface area (Å²) < 4.78 is 5.62. The van der Waals surface area contributed by atoms with Gasteiger partial charge in [0.15, 0.2) is 0 Å². The molecule has 2 atom stereocenters. The van der Waals surface area contributed by atoms with Crippen molar-refractivity contribution < 1.29 is 9.53 Å². The number of nitrogens with two attached hydrogens (primary N) is 1. The summed E-state index contributed by atoms with van der Waals surface area (Å²) in [5, 5.41) is 0. The molecule has 0 bridgehead atoms. The predicted octanol–water partition coefficient (Wildman–Crippen LogP) is 3.26. The molecule has 0 radical (unpaired) electrons. The summed E-state index contributed by atoms with van der Waals surface area (Å²) in [6.07, 6.45) is 2.77. The summed E-state index contributed by atoms with van der Waals surface area (Å²) in [7, 11) is 0. The number of amides is 1. The van der Waals surface area contributed by atoms with Gasteiger partial charge in [0.25, 0.3) is 0 Å². The van der Waals surface area contributed by atoms with Gasteiger partial charge in [0.1, 0.15) is 5.60 Å². The zero-order valence-corrected chi connectivity index (χ0v) is 13.8. The number of rotatable bonds is 2. The van der Waals surface area contributed by atoms with E-state index in [0.29, 0.717) is 6.54 Å². The lowest BCUT2D eigenvalue weighted by atomic mass is 9.78. The first-order valence-corrected chi connectivity index (χ1v) is 8.14. The van der Waals surface area contributed by atoms with E-state index in [1.807, 2.05) is 25.7 Å². The Morgan fingerprint density at radius 1 is 1.41 bits per heavy atom. The molecule has 3 rings (SSSR count). The van der Waals surface area contributed by atoms with Crippen LogP contribution < -0.4 is 5.73 Å². The van der Waals surface area contributed by atoms with Crippen molar-refractivity contribution in [3.63, 3.8) is 0 Å². The van der Waals surface area contributed by atoms with E-state index in [1.54, 1.807) is 0 Å². The average molecular weight is 302 g/mol. The molecule has 2 N–H and O–H groups in total. The van der Waals surface area contributed by atoms with Crippen LogP contribution in [0.4, 0.5) is 4.79 Å². The highest BCUT2D eigenvalue weighted by Gasteiger charge is 2.54. The van der Waals surface area contributed by atoms with Gasteiger partial charge in [-0.15, -0.1) is 0 Å². The largest absolute Gasteiger partial charge is 0.444 e. The highest BCUT2D eigenvalue weighted by atomic mass is 16.6. The maximum absolute atomic E-state index is 12.6. The van der Waals surface area contributed by atoms with E-state index in [4.69, 9.17) is 10.5 Å². The third kappa shape index (κ3) is 2.50. The van der Waals surface area contributed by atoms with Gasteiger partial charge in [-0.2, -0.15) is 0 Å². The van der Waals surface area contributed by atoms with Gasteiger partial charge < -0.3 is 15.4 Å². The molecule has 1 aliphatic carbocycles. The maximum Gasteiger partial charge on any atom is 0.410 e. The zero-order chi connectivity index (χ0) is 16.0. The molecule has 1 aliphatic heterocycles. The Labute approximate surface area is 132 Å². The maximum atomic E-state index is 12.6. The van der Waals surface area contributed by atoms with Crippen LogP contribution in [0.5, 0.6) is 0 Å². The summed E-state index contributed by atoms with van der Waals surface area (Å²) in [5.74, 6) is 0. The van der Waals surface area contributed by atoms with E-state index in [9.17, 15) is 4.79 Å². The molecule has 1 aromatic rings. The summed E-state index contributed by atoms with van der Waals surface area (Å²) in [4.78, 5) is 14.6. The number of carbonyl (C=O) groups is 1. The molecule has 4 heteroatoms. The molecule has 1 heterocycles. The third-order valence-corrected chi connectivity index (χ3v) is 4.90. The van der Waals surface area contributed by atoms with E-state index < -0.39 is 5.60 Å². The molecule has 1 saturated heterocycles. The third-order valence-electron chi connectivity index (χ3n) is 4.90. The lowest BCUT2D eigenvalue weighted by molar-refractivity contribution is 0.0170. The summed E-state index contributed by atoms with van der Waals surface area (Å²) in [6.45, 7) is 7.16. The molecule has 22 heavy (non-hydrogen) atoms. The fourth-order valence-electron chi connectivity index (χ4n) is 4.12. The second-order valence-corrected chi connectivity index (χ2v) is 7.60. The van der Waals surface area contributed by atoms with Crippen molar-refractivity contribution in [2.24, 2.45) is 11.1 Å². The highest BCUT2D eigenvalue weighted by molar-refractivity contribution is 5.70. The van der Waals surface area contributed by atoms with Crippen LogP contribution >= 0.6 is 0 Å². The second-order valence-electron chi connectivity index (χ2n) is 7.60. The van der Waals surface area contributed by atoms with E-state index in [2.05, 4.69) is 24.3 Å². The molecule has 0 saturated carbocycles. The number of hydrogen-bond donors (Lipinski definition) is 1. The number of fused-ring (bicyclic) bond motifs is 3. The molecule has 4 nitrogen and oxygen atoms in total. The highest BCUT2D eigenvalue weighted by Crippen LogP contribution is 2.57. The van der Waals surface area contributed by atoms with Gasteiger partial charge in [0.05, 0.1) is 6.04 Å². The normalized spacial score (nSPS) is 26.7.